The molecular weight excluding hydrogens is 210 g/mol. The van der Waals surface area contributed by atoms with Crippen LogP contribution in [0, 0.1) is 12.8 Å². The predicted octanol–water partition coefficient (Wildman–Crippen LogP) is 3.92. The molecule has 17 heavy (non-hydrogen) atoms. The molecule has 2 atom stereocenters. The summed E-state index contributed by atoms with van der Waals surface area (Å²) in [5.41, 5.74) is 7.79. The molecule has 0 aliphatic heterocycles. The van der Waals surface area contributed by atoms with Gasteiger partial charge in [-0.3, -0.25) is 0 Å². The summed E-state index contributed by atoms with van der Waals surface area (Å²) in [7, 11) is 0. The van der Waals surface area contributed by atoms with E-state index in [9.17, 15) is 0 Å². The van der Waals surface area contributed by atoms with Crippen molar-refractivity contribution in [2.75, 3.05) is 5.73 Å². The van der Waals surface area contributed by atoms with Crippen LogP contribution in [0.1, 0.15) is 44.6 Å². The lowest BCUT2D eigenvalue weighted by Crippen LogP contribution is -2.30. The lowest BCUT2D eigenvalue weighted by molar-refractivity contribution is 0.0898. The SMILES string of the molecule is CCC1CCCCC1Oc1cc(N)ccc1C. The summed E-state index contributed by atoms with van der Waals surface area (Å²) >= 11 is 0. The maximum Gasteiger partial charge on any atom is 0.124 e. The maximum atomic E-state index is 6.19. The van der Waals surface area contributed by atoms with Crippen LogP contribution >= 0.6 is 0 Å². The molecule has 1 aliphatic rings. The first-order chi connectivity index (χ1) is 8.20. The van der Waals surface area contributed by atoms with Crippen LogP contribution in [0.25, 0.3) is 0 Å². The zero-order valence-corrected chi connectivity index (χ0v) is 10.9. The molecular formula is C15H23NO. The zero-order valence-electron chi connectivity index (χ0n) is 10.9. The Kier molecular flexibility index (Phi) is 3.93. The molecule has 94 valence electrons. The second kappa shape index (κ2) is 5.44. The van der Waals surface area contributed by atoms with E-state index in [4.69, 9.17) is 10.5 Å². The highest BCUT2D eigenvalue weighted by Crippen LogP contribution is 2.32. The van der Waals surface area contributed by atoms with Gasteiger partial charge in [0.2, 0.25) is 0 Å². The standard InChI is InChI=1S/C15H23NO/c1-3-12-6-4-5-7-14(12)17-15-10-13(16)9-8-11(15)2/h8-10,12,14H,3-7,16H2,1-2H3. The predicted molar refractivity (Wildman–Crippen MR) is 72.3 cm³/mol. The van der Waals surface area contributed by atoms with Crippen LogP contribution in [0.3, 0.4) is 0 Å². The van der Waals surface area contributed by atoms with Gasteiger partial charge in [0.1, 0.15) is 11.9 Å². The number of benzene rings is 1. The van der Waals surface area contributed by atoms with Crippen LogP contribution in [0.15, 0.2) is 18.2 Å². The molecule has 1 saturated carbocycles. The van der Waals surface area contributed by atoms with Crippen molar-refractivity contribution < 1.29 is 4.74 Å². The van der Waals surface area contributed by atoms with Crippen LogP contribution in [-0.2, 0) is 0 Å². The van der Waals surface area contributed by atoms with E-state index in [1.807, 2.05) is 18.2 Å². The Morgan fingerprint density at radius 3 is 2.82 bits per heavy atom. The number of ether oxygens (including phenoxy) is 1. The Morgan fingerprint density at radius 2 is 2.06 bits per heavy atom. The van der Waals surface area contributed by atoms with Crippen molar-refractivity contribution in [2.45, 2.75) is 52.1 Å². The van der Waals surface area contributed by atoms with Crippen molar-refractivity contribution in [3.05, 3.63) is 23.8 Å². The molecule has 2 nitrogen and oxygen atoms in total. The summed E-state index contributed by atoms with van der Waals surface area (Å²) < 4.78 is 6.19. The molecule has 1 aromatic carbocycles. The van der Waals surface area contributed by atoms with Gasteiger partial charge in [-0.15, -0.1) is 0 Å². The monoisotopic (exact) mass is 233 g/mol. The van der Waals surface area contributed by atoms with E-state index in [2.05, 4.69) is 13.8 Å². The normalized spacial score (nSPS) is 24.6. The molecule has 2 heteroatoms. The van der Waals surface area contributed by atoms with E-state index in [1.54, 1.807) is 0 Å². The first-order valence-corrected chi connectivity index (χ1v) is 6.73. The molecule has 0 heterocycles. The Labute approximate surface area is 104 Å². The molecule has 1 aromatic rings. The van der Waals surface area contributed by atoms with Crippen molar-refractivity contribution in [2.24, 2.45) is 5.92 Å². The van der Waals surface area contributed by atoms with Crippen molar-refractivity contribution in [1.82, 2.24) is 0 Å². The van der Waals surface area contributed by atoms with Gasteiger partial charge >= 0.3 is 0 Å². The first-order valence-electron chi connectivity index (χ1n) is 6.73. The summed E-state index contributed by atoms with van der Waals surface area (Å²) in [5.74, 6) is 1.68. The first kappa shape index (κ1) is 12.3. The average molecular weight is 233 g/mol. The van der Waals surface area contributed by atoms with Gasteiger partial charge in [0, 0.05) is 11.8 Å². The maximum absolute atomic E-state index is 6.19. The van der Waals surface area contributed by atoms with Crippen LogP contribution in [0.5, 0.6) is 5.75 Å². The number of nitrogens with two attached hydrogens (primary N) is 1. The van der Waals surface area contributed by atoms with Gasteiger partial charge in [-0.05, 0) is 50.2 Å². The van der Waals surface area contributed by atoms with E-state index in [0.717, 1.165) is 11.4 Å². The van der Waals surface area contributed by atoms with Crippen molar-refractivity contribution in [3.8, 4) is 5.75 Å². The van der Waals surface area contributed by atoms with Crippen LogP contribution in [-0.4, -0.2) is 6.10 Å². The summed E-state index contributed by atoms with van der Waals surface area (Å²) in [4.78, 5) is 0. The minimum Gasteiger partial charge on any atom is -0.490 e. The summed E-state index contributed by atoms with van der Waals surface area (Å²) in [5, 5.41) is 0. The summed E-state index contributed by atoms with van der Waals surface area (Å²) in [6.07, 6.45) is 6.74. The average Bonchev–Trinajstić information content (AvgIpc) is 2.34. The fourth-order valence-electron chi connectivity index (χ4n) is 2.70. The highest BCUT2D eigenvalue weighted by molar-refractivity contribution is 5.48. The van der Waals surface area contributed by atoms with Crippen LogP contribution in [0.2, 0.25) is 0 Å². The van der Waals surface area contributed by atoms with E-state index < -0.39 is 0 Å². The fourth-order valence-corrected chi connectivity index (χ4v) is 2.70. The second-order valence-electron chi connectivity index (χ2n) is 5.13. The lowest BCUT2D eigenvalue weighted by Gasteiger charge is -2.31. The quantitative estimate of drug-likeness (QED) is 0.803. The van der Waals surface area contributed by atoms with Crippen molar-refractivity contribution in [1.29, 1.82) is 0 Å². The van der Waals surface area contributed by atoms with E-state index in [-0.39, 0.29) is 0 Å². The van der Waals surface area contributed by atoms with E-state index in [1.165, 1.54) is 37.7 Å². The number of nitrogen functional groups attached to an aromatic ring is 1. The molecule has 0 amide bonds. The van der Waals surface area contributed by atoms with Gasteiger partial charge in [0.25, 0.3) is 0 Å². The molecule has 0 saturated heterocycles. The molecule has 0 bridgehead atoms. The molecule has 2 rings (SSSR count). The second-order valence-corrected chi connectivity index (χ2v) is 5.13. The number of hydrogen-bond acceptors (Lipinski definition) is 2. The van der Waals surface area contributed by atoms with Crippen molar-refractivity contribution >= 4 is 5.69 Å². The van der Waals surface area contributed by atoms with Gasteiger partial charge in [-0.1, -0.05) is 19.4 Å². The smallest absolute Gasteiger partial charge is 0.124 e. The zero-order chi connectivity index (χ0) is 12.3. The third-order valence-electron chi connectivity index (χ3n) is 3.85. The molecule has 1 fully saturated rings. The third-order valence-corrected chi connectivity index (χ3v) is 3.85. The highest BCUT2D eigenvalue weighted by Gasteiger charge is 2.25. The van der Waals surface area contributed by atoms with E-state index >= 15 is 0 Å². The van der Waals surface area contributed by atoms with Gasteiger partial charge < -0.3 is 10.5 Å². The van der Waals surface area contributed by atoms with Gasteiger partial charge in [0.05, 0.1) is 0 Å². The highest BCUT2D eigenvalue weighted by atomic mass is 16.5. The minimum absolute atomic E-state index is 0.384. The number of rotatable bonds is 3. The fraction of sp³-hybridized carbons (Fsp3) is 0.600. The Hall–Kier alpha value is -1.18. The Bertz CT molecular complexity index is 375. The molecule has 2 N–H and O–H groups in total. The minimum atomic E-state index is 0.384. The lowest BCUT2D eigenvalue weighted by atomic mass is 9.84. The van der Waals surface area contributed by atoms with Gasteiger partial charge in [-0.25, -0.2) is 0 Å². The number of anilines is 1. The van der Waals surface area contributed by atoms with E-state index in [0.29, 0.717) is 12.0 Å². The summed E-state index contributed by atoms with van der Waals surface area (Å²) in [6, 6.07) is 5.92. The molecule has 0 aromatic heterocycles. The molecule has 2 unspecified atom stereocenters. The van der Waals surface area contributed by atoms with Gasteiger partial charge in [-0.2, -0.15) is 0 Å². The molecule has 0 spiro atoms. The van der Waals surface area contributed by atoms with Crippen LogP contribution < -0.4 is 10.5 Å². The van der Waals surface area contributed by atoms with Crippen LogP contribution in [0.4, 0.5) is 5.69 Å². The Balaban J connectivity index is 2.10. The van der Waals surface area contributed by atoms with Gasteiger partial charge in [0.15, 0.2) is 0 Å². The topological polar surface area (TPSA) is 35.2 Å². The Morgan fingerprint density at radius 1 is 1.29 bits per heavy atom. The van der Waals surface area contributed by atoms with Crippen molar-refractivity contribution in [3.63, 3.8) is 0 Å². The molecule has 1 aliphatic carbocycles. The third kappa shape index (κ3) is 2.93. The molecule has 0 radical (unpaired) electrons. The summed E-state index contributed by atoms with van der Waals surface area (Å²) in [6.45, 7) is 4.34. The number of hydrogen-bond donors (Lipinski definition) is 1. The largest absolute Gasteiger partial charge is 0.490 e. The number of aryl methyl sites for hydroxylation is 1.